The molecule has 0 fully saturated rings. The van der Waals surface area contributed by atoms with Gasteiger partial charge in [-0.05, 0) is 36.8 Å². The maximum atomic E-state index is 12.2. The van der Waals surface area contributed by atoms with Crippen LogP contribution >= 0.6 is 23.2 Å². The highest BCUT2D eigenvalue weighted by Crippen LogP contribution is 2.38. The number of aryl methyl sites for hydroxylation is 1. The van der Waals surface area contributed by atoms with Gasteiger partial charge in [0.1, 0.15) is 13.2 Å². The number of nitrogens with one attached hydrogen (secondary N) is 1. The Hall–Kier alpha value is -2.44. The van der Waals surface area contributed by atoms with Gasteiger partial charge in [0.15, 0.2) is 18.1 Å². The summed E-state index contributed by atoms with van der Waals surface area (Å²) in [6, 6.07) is 8.09. The van der Waals surface area contributed by atoms with Gasteiger partial charge in [0.05, 0.1) is 21.3 Å². The molecule has 26 heavy (non-hydrogen) atoms. The molecule has 136 valence electrons. The van der Waals surface area contributed by atoms with Crippen molar-refractivity contribution in [3.63, 3.8) is 0 Å². The van der Waals surface area contributed by atoms with Crippen LogP contribution in [0.1, 0.15) is 15.9 Å². The van der Waals surface area contributed by atoms with E-state index in [1.807, 2.05) is 13.0 Å². The summed E-state index contributed by atoms with van der Waals surface area (Å²) in [7, 11) is 0. The van der Waals surface area contributed by atoms with Crippen LogP contribution in [0.5, 0.6) is 11.5 Å². The standard InChI is InChI=1S/C18H15Cl2NO5/c1-10-2-3-14(12(19)6-10)21-16(22)9-26-18(23)11-7-13(20)17-15(8-11)24-4-5-25-17/h2-3,6-8H,4-5,9H2,1H3,(H,21,22). The van der Waals surface area contributed by atoms with Gasteiger partial charge in [-0.3, -0.25) is 4.79 Å². The molecule has 0 aromatic heterocycles. The number of carbonyl (C=O) groups is 2. The van der Waals surface area contributed by atoms with E-state index >= 15 is 0 Å². The summed E-state index contributed by atoms with van der Waals surface area (Å²) in [6.45, 7) is 2.17. The molecule has 0 aliphatic carbocycles. The molecular weight excluding hydrogens is 381 g/mol. The number of fused-ring (bicyclic) bond motifs is 1. The van der Waals surface area contributed by atoms with Crippen molar-refractivity contribution in [2.45, 2.75) is 6.92 Å². The van der Waals surface area contributed by atoms with Crippen molar-refractivity contribution >= 4 is 40.8 Å². The molecule has 0 unspecified atom stereocenters. The maximum absolute atomic E-state index is 12.2. The Morgan fingerprint density at radius 2 is 1.88 bits per heavy atom. The second-order valence-corrected chi connectivity index (χ2v) is 6.40. The Labute approximate surface area is 159 Å². The lowest BCUT2D eigenvalue weighted by Gasteiger charge is -2.19. The van der Waals surface area contributed by atoms with Crippen molar-refractivity contribution in [2.24, 2.45) is 0 Å². The molecule has 1 amide bonds. The van der Waals surface area contributed by atoms with Crippen LogP contribution in [0.4, 0.5) is 5.69 Å². The molecule has 1 heterocycles. The van der Waals surface area contributed by atoms with Gasteiger partial charge in [-0.1, -0.05) is 29.3 Å². The van der Waals surface area contributed by atoms with Crippen molar-refractivity contribution in [1.29, 1.82) is 0 Å². The van der Waals surface area contributed by atoms with Gasteiger partial charge in [-0.2, -0.15) is 0 Å². The molecule has 0 spiro atoms. The third-order valence-electron chi connectivity index (χ3n) is 3.57. The Balaban J connectivity index is 1.61. The summed E-state index contributed by atoms with van der Waals surface area (Å²) in [4.78, 5) is 24.1. The molecule has 0 saturated heterocycles. The predicted octanol–water partition coefficient (Wildman–Crippen LogP) is 3.87. The Kier molecular flexibility index (Phi) is 5.54. The molecule has 6 nitrogen and oxygen atoms in total. The van der Waals surface area contributed by atoms with Crippen molar-refractivity contribution in [2.75, 3.05) is 25.1 Å². The zero-order chi connectivity index (χ0) is 18.7. The topological polar surface area (TPSA) is 73.9 Å². The van der Waals surface area contributed by atoms with Crippen LogP contribution < -0.4 is 14.8 Å². The summed E-state index contributed by atoms with van der Waals surface area (Å²) in [5.41, 5.74) is 1.58. The van der Waals surface area contributed by atoms with Crippen LogP contribution in [0.25, 0.3) is 0 Å². The number of amides is 1. The SMILES string of the molecule is Cc1ccc(NC(=O)COC(=O)c2cc(Cl)c3c(c2)OCCO3)c(Cl)c1. The molecule has 1 N–H and O–H groups in total. The molecular formula is C18H15Cl2NO5. The average Bonchev–Trinajstić information content (AvgIpc) is 2.62. The van der Waals surface area contributed by atoms with Crippen LogP contribution in [-0.4, -0.2) is 31.7 Å². The fourth-order valence-electron chi connectivity index (χ4n) is 2.35. The highest BCUT2D eigenvalue weighted by atomic mass is 35.5. The number of benzene rings is 2. The highest BCUT2D eigenvalue weighted by molar-refractivity contribution is 6.34. The lowest BCUT2D eigenvalue weighted by Crippen LogP contribution is -2.21. The van der Waals surface area contributed by atoms with Gasteiger partial charge in [-0.15, -0.1) is 0 Å². The Morgan fingerprint density at radius 1 is 1.12 bits per heavy atom. The normalized spacial score (nSPS) is 12.4. The minimum absolute atomic E-state index is 0.167. The average molecular weight is 396 g/mol. The van der Waals surface area contributed by atoms with E-state index in [0.717, 1.165) is 5.56 Å². The fourth-order valence-corrected chi connectivity index (χ4v) is 2.90. The molecule has 0 saturated carbocycles. The van der Waals surface area contributed by atoms with Crippen LogP contribution in [0.15, 0.2) is 30.3 Å². The van der Waals surface area contributed by atoms with Crippen molar-refractivity contribution < 1.29 is 23.8 Å². The van der Waals surface area contributed by atoms with E-state index in [-0.39, 0.29) is 10.6 Å². The summed E-state index contributed by atoms with van der Waals surface area (Å²) in [5, 5.41) is 3.23. The van der Waals surface area contributed by atoms with Crippen molar-refractivity contribution in [3.8, 4) is 11.5 Å². The van der Waals surface area contributed by atoms with Gasteiger partial charge in [0, 0.05) is 0 Å². The summed E-state index contributed by atoms with van der Waals surface area (Å²) in [5.74, 6) is -0.449. The van der Waals surface area contributed by atoms with E-state index in [9.17, 15) is 9.59 Å². The first-order valence-electron chi connectivity index (χ1n) is 7.76. The zero-order valence-electron chi connectivity index (χ0n) is 13.8. The third-order valence-corrected chi connectivity index (χ3v) is 4.16. The quantitative estimate of drug-likeness (QED) is 0.795. The molecule has 3 rings (SSSR count). The van der Waals surface area contributed by atoms with E-state index in [1.165, 1.54) is 12.1 Å². The highest BCUT2D eigenvalue weighted by Gasteiger charge is 2.20. The fraction of sp³-hybridized carbons (Fsp3) is 0.222. The number of esters is 1. The van der Waals surface area contributed by atoms with E-state index in [4.69, 9.17) is 37.4 Å². The monoisotopic (exact) mass is 395 g/mol. The van der Waals surface area contributed by atoms with Crippen molar-refractivity contribution in [3.05, 3.63) is 51.5 Å². The van der Waals surface area contributed by atoms with Crippen LogP contribution in [0.3, 0.4) is 0 Å². The van der Waals surface area contributed by atoms with E-state index in [1.54, 1.807) is 12.1 Å². The second kappa shape index (κ2) is 7.85. The lowest BCUT2D eigenvalue weighted by molar-refractivity contribution is -0.119. The first-order chi connectivity index (χ1) is 12.4. The van der Waals surface area contributed by atoms with Gasteiger partial charge in [-0.25, -0.2) is 4.79 Å². The predicted molar refractivity (Wildman–Crippen MR) is 97.5 cm³/mol. The first kappa shape index (κ1) is 18.4. The van der Waals surface area contributed by atoms with Crippen LogP contribution in [0.2, 0.25) is 10.0 Å². The van der Waals surface area contributed by atoms with E-state index in [2.05, 4.69) is 5.32 Å². The first-order valence-corrected chi connectivity index (χ1v) is 8.52. The molecule has 0 atom stereocenters. The molecule has 2 aromatic rings. The number of carbonyl (C=O) groups excluding carboxylic acids is 2. The second-order valence-electron chi connectivity index (χ2n) is 5.59. The molecule has 2 aromatic carbocycles. The number of rotatable bonds is 4. The number of hydrogen-bond acceptors (Lipinski definition) is 5. The summed E-state index contributed by atoms with van der Waals surface area (Å²) in [6.07, 6.45) is 0. The molecule has 0 bridgehead atoms. The number of anilines is 1. The van der Waals surface area contributed by atoms with Crippen LogP contribution in [-0.2, 0) is 9.53 Å². The van der Waals surface area contributed by atoms with Gasteiger partial charge >= 0.3 is 5.97 Å². The lowest BCUT2D eigenvalue weighted by atomic mass is 10.2. The Bertz CT molecular complexity index is 869. The van der Waals surface area contributed by atoms with E-state index in [0.29, 0.717) is 35.4 Å². The molecule has 8 heteroatoms. The van der Waals surface area contributed by atoms with Gasteiger partial charge in [0.25, 0.3) is 5.91 Å². The number of ether oxygens (including phenoxy) is 3. The Morgan fingerprint density at radius 3 is 2.65 bits per heavy atom. The largest absolute Gasteiger partial charge is 0.486 e. The van der Waals surface area contributed by atoms with Gasteiger partial charge < -0.3 is 19.5 Å². The molecule has 0 radical (unpaired) electrons. The smallest absolute Gasteiger partial charge is 0.338 e. The number of halogens is 2. The number of hydrogen-bond donors (Lipinski definition) is 1. The summed E-state index contributed by atoms with van der Waals surface area (Å²) < 4.78 is 15.8. The van der Waals surface area contributed by atoms with Crippen LogP contribution in [0, 0.1) is 6.92 Å². The maximum Gasteiger partial charge on any atom is 0.338 e. The third kappa shape index (κ3) is 4.20. The molecule has 1 aliphatic rings. The van der Waals surface area contributed by atoms with E-state index < -0.39 is 18.5 Å². The summed E-state index contributed by atoms with van der Waals surface area (Å²) >= 11 is 12.1. The van der Waals surface area contributed by atoms with Crippen molar-refractivity contribution in [1.82, 2.24) is 0 Å². The minimum atomic E-state index is -0.700. The minimum Gasteiger partial charge on any atom is -0.486 e. The zero-order valence-corrected chi connectivity index (χ0v) is 15.3. The van der Waals surface area contributed by atoms with Gasteiger partial charge in [0.2, 0.25) is 0 Å². The molecule has 1 aliphatic heterocycles.